The highest BCUT2D eigenvalue weighted by atomic mass is 35.5. The summed E-state index contributed by atoms with van der Waals surface area (Å²) >= 11 is 5.79. The minimum atomic E-state index is -4.56. The van der Waals surface area contributed by atoms with Gasteiger partial charge in [-0.05, 0) is 29.8 Å². The normalized spacial score (nSPS) is 12.2. The summed E-state index contributed by atoms with van der Waals surface area (Å²) in [5.74, 6) is -0.777. The van der Waals surface area contributed by atoms with E-state index in [0.29, 0.717) is 0 Å². The molecule has 0 fully saturated rings. The molecule has 9 heteroatoms. The number of hydrogen-bond acceptors (Lipinski definition) is 2. The first-order chi connectivity index (χ1) is 11.1. The maximum absolute atomic E-state index is 12.7. The van der Waals surface area contributed by atoms with Gasteiger partial charge in [-0.25, -0.2) is 8.78 Å². The van der Waals surface area contributed by atoms with E-state index in [2.05, 4.69) is 0 Å². The van der Waals surface area contributed by atoms with Crippen LogP contribution in [-0.4, -0.2) is 44.0 Å². The van der Waals surface area contributed by atoms with Crippen molar-refractivity contribution in [3.05, 3.63) is 40.4 Å². The van der Waals surface area contributed by atoms with Gasteiger partial charge in [-0.3, -0.25) is 4.79 Å². The van der Waals surface area contributed by atoms with Gasteiger partial charge in [0, 0.05) is 24.8 Å². The van der Waals surface area contributed by atoms with Gasteiger partial charge in [0.2, 0.25) is 5.91 Å². The highest BCUT2D eigenvalue weighted by Crippen LogP contribution is 2.32. The fourth-order valence-electron chi connectivity index (χ4n) is 1.77. The van der Waals surface area contributed by atoms with Crippen LogP contribution >= 0.6 is 11.6 Å². The van der Waals surface area contributed by atoms with E-state index in [1.54, 1.807) is 0 Å². The van der Waals surface area contributed by atoms with Crippen molar-refractivity contribution in [1.29, 1.82) is 0 Å². The summed E-state index contributed by atoms with van der Waals surface area (Å²) in [6.45, 7) is -0.820. The molecule has 0 radical (unpaired) electrons. The molecule has 0 spiro atoms. The van der Waals surface area contributed by atoms with Gasteiger partial charge >= 0.3 is 6.18 Å². The summed E-state index contributed by atoms with van der Waals surface area (Å²) in [5, 5.41) is 0.00403. The second-order valence-electron chi connectivity index (χ2n) is 4.74. The van der Waals surface area contributed by atoms with E-state index in [1.165, 1.54) is 7.11 Å². The van der Waals surface area contributed by atoms with Gasteiger partial charge in [0.1, 0.15) is 0 Å². The van der Waals surface area contributed by atoms with Crippen LogP contribution in [0.2, 0.25) is 5.02 Å². The zero-order chi connectivity index (χ0) is 18.3. The van der Waals surface area contributed by atoms with E-state index in [9.17, 15) is 26.7 Å². The van der Waals surface area contributed by atoms with Crippen LogP contribution in [0.4, 0.5) is 22.0 Å². The number of methoxy groups -OCH3 is 1. The van der Waals surface area contributed by atoms with Crippen LogP contribution in [0.5, 0.6) is 0 Å². The number of alkyl halides is 5. The molecule has 1 aromatic carbocycles. The molecule has 24 heavy (non-hydrogen) atoms. The molecule has 0 N–H and O–H groups in total. The summed E-state index contributed by atoms with van der Waals surface area (Å²) in [7, 11) is 1.35. The van der Waals surface area contributed by atoms with E-state index in [-0.39, 0.29) is 23.7 Å². The average molecular weight is 372 g/mol. The van der Waals surface area contributed by atoms with Crippen LogP contribution in [0.25, 0.3) is 6.08 Å². The fraction of sp³-hybridized carbons (Fsp3) is 0.400. The molecule has 0 bridgehead atoms. The minimum Gasteiger partial charge on any atom is -0.383 e. The third kappa shape index (κ3) is 6.45. The molecule has 0 aromatic heterocycles. The first-order valence-electron chi connectivity index (χ1n) is 6.76. The summed E-state index contributed by atoms with van der Waals surface area (Å²) in [4.78, 5) is 12.8. The molecular weight excluding hydrogens is 357 g/mol. The first kappa shape index (κ1) is 20.4. The molecule has 1 aromatic rings. The third-order valence-corrected chi connectivity index (χ3v) is 3.31. The number of halogens is 6. The van der Waals surface area contributed by atoms with Crippen molar-refractivity contribution in [1.82, 2.24) is 4.90 Å². The number of carbonyl (C=O) groups is 1. The highest BCUT2D eigenvalue weighted by Gasteiger charge is 2.30. The second kappa shape index (κ2) is 8.98. The zero-order valence-electron chi connectivity index (χ0n) is 12.6. The van der Waals surface area contributed by atoms with Crippen LogP contribution in [-0.2, 0) is 15.7 Å². The smallest absolute Gasteiger partial charge is 0.383 e. The van der Waals surface area contributed by atoms with Crippen LogP contribution < -0.4 is 0 Å². The predicted octanol–water partition coefficient (Wildman–Crippen LogP) is 4.11. The van der Waals surface area contributed by atoms with E-state index in [4.69, 9.17) is 16.3 Å². The second-order valence-corrected chi connectivity index (χ2v) is 5.14. The number of amides is 1. The Morgan fingerprint density at radius 1 is 1.38 bits per heavy atom. The lowest BCUT2D eigenvalue weighted by molar-refractivity contribution is -0.137. The molecule has 0 aliphatic carbocycles. The van der Waals surface area contributed by atoms with E-state index in [1.807, 2.05) is 0 Å². The molecule has 0 aliphatic heterocycles. The number of rotatable bonds is 7. The quantitative estimate of drug-likeness (QED) is 0.533. The van der Waals surface area contributed by atoms with Gasteiger partial charge in [0.15, 0.2) is 0 Å². The Hall–Kier alpha value is -1.67. The molecule has 1 amide bonds. The summed E-state index contributed by atoms with van der Waals surface area (Å²) in [5.41, 5.74) is -0.966. The topological polar surface area (TPSA) is 29.5 Å². The molecule has 0 atom stereocenters. The van der Waals surface area contributed by atoms with Gasteiger partial charge in [-0.1, -0.05) is 11.6 Å². The Balaban J connectivity index is 2.94. The Labute approximate surface area is 140 Å². The predicted molar refractivity (Wildman–Crippen MR) is 79.9 cm³/mol. The molecule has 134 valence electrons. The lowest BCUT2D eigenvalue weighted by Crippen LogP contribution is -2.36. The average Bonchev–Trinajstić information content (AvgIpc) is 2.48. The molecule has 0 saturated carbocycles. The van der Waals surface area contributed by atoms with Crippen LogP contribution in [0.15, 0.2) is 24.3 Å². The summed E-state index contributed by atoms with van der Waals surface area (Å²) in [6, 6.07) is 2.64. The van der Waals surface area contributed by atoms with Crippen molar-refractivity contribution in [2.75, 3.05) is 26.8 Å². The SMILES string of the molecule is COCCN(CC(F)F)C(=O)/C=C/c1cc(C(F)(F)F)ccc1Cl. The van der Waals surface area contributed by atoms with E-state index < -0.39 is 30.6 Å². The largest absolute Gasteiger partial charge is 0.416 e. The van der Waals surface area contributed by atoms with Gasteiger partial charge in [-0.2, -0.15) is 13.2 Å². The lowest BCUT2D eigenvalue weighted by Gasteiger charge is -2.20. The Morgan fingerprint density at radius 2 is 2.04 bits per heavy atom. The van der Waals surface area contributed by atoms with Crippen LogP contribution in [0, 0.1) is 0 Å². The Bertz CT molecular complexity index is 590. The number of ether oxygens (including phenoxy) is 1. The highest BCUT2D eigenvalue weighted by molar-refractivity contribution is 6.32. The van der Waals surface area contributed by atoms with Crippen molar-refractivity contribution >= 4 is 23.6 Å². The fourth-order valence-corrected chi connectivity index (χ4v) is 1.95. The standard InChI is InChI=1S/C15H15ClF5NO2/c1-24-7-6-22(9-13(17)18)14(23)5-2-10-8-11(15(19,20)21)3-4-12(10)16/h2-5,8,13H,6-7,9H2,1H3/b5-2+. The van der Waals surface area contributed by atoms with E-state index in [0.717, 1.165) is 35.3 Å². The molecular formula is C15H15ClF5NO2. The molecule has 1 rings (SSSR count). The minimum absolute atomic E-state index is 0.00403. The summed E-state index contributed by atoms with van der Waals surface area (Å²) in [6.07, 6.45) is -5.33. The monoisotopic (exact) mass is 371 g/mol. The van der Waals surface area contributed by atoms with Gasteiger partial charge in [0.05, 0.1) is 18.7 Å². The molecule has 0 saturated heterocycles. The summed E-state index contributed by atoms with van der Waals surface area (Å²) < 4.78 is 67.7. The first-order valence-corrected chi connectivity index (χ1v) is 7.13. The molecule has 0 unspecified atom stereocenters. The zero-order valence-corrected chi connectivity index (χ0v) is 13.4. The maximum atomic E-state index is 12.7. The van der Waals surface area contributed by atoms with Crippen LogP contribution in [0.1, 0.15) is 11.1 Å². The number of hydrogen-bond donors (Lipinski definition) is 0. The molecule has 3 nitrogen and oxygen atoms in total. The Kier molecular flexibility index (Phi) is 7.62. The van der Waals surface area contributed by atoms with Crippen molar-refractivity contribution in [2.45, 2.75) is 12.6 Å². The van der Waals surface area contributed by atoms with Crippen molar-refractivity contribution < 1.29 is 31.5 Å². The number of benzene rings is 1. The number of nitrogens with zero attached hydrogens (tertiary/aromatic N) is 1. The van der Waals surface area contributed by atoms with Gasteiger partial charge in [0.25, 0.3) is 6.43 Å². The Morgan fingerprint density at radius 3 is 2.58 bits per heavy atom. The van der Waals surface area contributed by atoms with Crippen molar-refractivity contribution in [3.63, 3.8) is 0 Å². The maximum Gasteiger partial charge on any atom is 0.416 e. The lowest BCUT2D eigenvalue weighted by atomic mass is 10.1. The van der Waals surface area contributed by atoms with Crippen molar-refractivity contribution in [3.8, 4) is 0 Å². The van der Waals surface area contributed by atoms with Crippen molar-refractivity contribution in [2.24, 2.45) is 0 Å². The van der Waals surface area contributed by atoms with Gasteiger partial charge in [-0.15, -0.1) is 0 Å². The van der Waals surface area contributed by atoms with Crippen LogP contribution in [0.3, 0.4) is 0 Å². The van der Waals surface area contributed by atoms with Gasteiger partial charge < -0.3 is 9.64 Å². The van der Waals surface area contributed by atoms with E-state index >= 15 is 0 Å². The molecule has 0 aliphatic rings. The number of carbonyl (C=O) groups excluding carboxylic acids is 1. The third-order valence-electron chi connectivity index (χ3n) is 2.96. The molecule has 0 heterocycles.